The number of aromatic nitrogens is 2. The predicted octanol–water partition coefficient (Wildman–Crippen LogP) is 2.08. The van der Waals surface area contributed by atoms with E-state index in [1.54, 1.807) is 39.4 Å². The Kier molecular flexibility index (Phi) is 6.89. The van der Waals surface area contributed by atoms with Gasteiger partial charge in [0.2, 0.25) is 0 Å². The van der Waals surface area contributed by atoms with Crippen LogP contribution in [0.5, 0.6) is 0 Å². The molecule has 33 heavy (non-hydrogen) atoms. The van der Waals surface area contributed by atoms with Crippen molar-refractivity contribution in [2.45, 2.75) is 65.8 Å². The van der Waals surface area contributed by atoms with Crippen molar-refractivity contribution < 1.29 is 19.1 Å². The van der Waals surface area contributed by atoms with Gasteiger partial charge >= 0.3 is 17.8 Å². The number of aryl methyl sites for hydroxylation is 1. The van der Waals surface area contributed by atoms with E-state index in [4.69, 9.17) is 15.2 Å². The summed E-state index contributed by atoms with van der Waals surface area (Å²) in [6.45, 7) is 9.34. The Hall–Kier alpha value is -2.86. The summed E-state index contributed by atoms with van der Waals surface area (Å²) < 4.78 is 13.2. The summed E-state index contributed by atoms with van der Waals surface area (Å²) >= 11 is 1.21. The standard InChI is InChI=1S/C21H31N5O6S/c1-11-9-13(11)26-16(27)15-12(2)14(33-17(15)24(20(26)30)7-8-31-6)10-25(18(22)28)23-19(29)32-21(3,4)5/h11,13H,7-10H2,1-6H3,(H2,22,28)(H,23,29)/t11-,13-/m0/s1. The number of hydrogen-bond donors (Lipinski definition) is 2. The summed E-state index contributed by atoms with van der Waals surface area (Å²) in [5.74, 6) is 0.255. The Morgan fingerprint density at radius 3 is 2.45 bits per heavy atom. The van der Waals surface area contributed by atoms with Crippen molar-refractivity contribution in [2.24, 2.45) is 11.7 Å². The number of rotatable bonds is 6. The molecule has 0 radical (unpaired) electrons. The Labute approximate surface area is 195 Å². The van der Waals surface area contributed by atoms with Crippen molar-refractivity contribution in [1.82, 2.24) is 19.6 Å². The van der Waals surface area contributed by atoms with Gasteiger partial charge < -0.3 is 15.2 Å². The molecule has 3 amide bonds. The van der Waals surface area contributed by atoms with Crippen LogP contribution in [-0.2, 0) is 22.6 Å². The number of ether oxygens (including phenoxy) is 2. The molecule has 1 aliphatic carbocycles. The van der Waals surface area contributed by atoms with Crippen LogP contribution in [0.4, 0.5) is 9.59 Å². The number of primary amides is 1. The number of nitrogens with zero attached hydrogens (tertiary/aromatic N) is 3. The lowest BCUT2D eigenvalue weighted by Crippen LogP contribution is -2.49. The molecule has 0 saturated heterocycles. The summed E-state index contributed by atoms with van der Waals surface area (Å²) in [4.78, 5) is 51.8. The molecule has 1 saturated carbocycles. The first-order valence-electron chi connectivity index (χ1n) is 10.7. The number of methoxy groups -OCH3 is 1. The van der Waals surface area contributed by atoms with E-state index in [0.29, 0.717) is 27.3 Å². The van der Waals surface area contributed by atoms with Crippen LogP contribution in [0.2, 0.25) is 0 Å². The fourth-order valence-electron chi connectivity index (χ4n) is 3.62. The van der Waals surface area contributed by atoms with E-state index in [1.807, 2.05) is 6.92 Å². The lowest BCUT2D eigenvalue weighted by atomic mass is 10.2. The molecule has 0 unspecified atom stereocenters. The Morgan fingerprint density at radius 2 is 1.94 bits per heavy atom. The maximum atomic E-state index is 13.3. The zero-order valence-electron chi connectivity index (χ0n) is 19.8. The first-order chi connectivity index (χ1) is 15.4. The molecule has 0 aromatic carbocycles. The average molecular weight is 482 g/mol. The van der Waals surface area contributed by atoms with Crippen molar-refractivity contribution in [1.29, 1.82) is 0 Å². The molecule has 3 rings (SSSR count). The first-order valence-corrected chi connectivity index (χ1v) is 11.5. The largest absolute Gasteiger partial charge is 0.443 e. The molecule has 2 aromatic heterocycles. The lowest BCUT2D eigenvalue weighted by molar-refractivity contribution is 0.0376. The maximum Gasteiger partial charge on any atom is 0.426 e. The molecule has 3 N–H and O–H groups in total. The smallest absolute Gasteiger partial charge is 0.426 e. The first kappa shape index (κ1) is 24.8. The van der Waals surface area contributed by atoms with E-state index in [-0.39, 0.29) is 36.3 Å². The number of nitrogens with two attached hydrogens (primary N) is 1. The number of carbonyl (C=O) groups excluding carboxylic acids is 2. The lowest BCUT2D eigenvalue weighted by Gasteiger charge is -2.24. The van der Waals surface area contributed by atoms with Crippen molar-refractivity contribution >= 4 is 33.7 Å². The van der Waals surface area contributed by atoms with Gasteiger partial charge in [-0.2, -0.15) is 0 Å². The summed E-state index contributed by atoms with van der Waals surface area (Å²) in [5.41, 5.74) is 6.96. The molecule has 11 nitrogen and oxygen atoms in total. The monoisotopic (exact) mass is 481 g/mol. The number of fused-ring (bicyclic) bond motifs is 1. The van der Waals surface area contributed by atoms with E-state index in [0.717, 1.165) is 11.4 Å². The molecule has 0 spiro atoms. The number of hydrogen-bond acceptors (Lipinski definition) is 7. The van der Waals surface area contributed by atoms with Gasteiger partial charge in [-0.15, -0.1) is 11.3 Å². The van der Waals surface area contributed by atoms with Gasteiger partial charge in [0.15, 0.2) is 0 Å². The molecule has 1 fully saturated rings. The summed E-state index contributed by atoms with van der Waals surface area (Å²) in [6, 6.07) is -1.01. The molecular weight excluding hydrogens is 450 g/mol. The summed E-state index contributed by atoms with van der Waals surface area (Å²) in [5, 5.41) is 1.34. The number of urea groups is 1. The van der Waals surface area contributed by atoms with E-state index >= 15 is 0 Å². The van der Waals surface area contributed by atoms with Crippen LogP contribution in [0.15, 0.2) is 9.59 Å². The van der Waals surface area contributed by atoms with Gasteiger partial charge in [0.25, 0.3) is 5.56 Å². The highest BCUT2D eigenvalue weighted by Crippen LogP contribution is 2.41. The fourth-order valence-corrected chi connectivity index (χ4v) is 4.93. The Morgan fingerprint density at radius 1 is 1.30 bits per heavy atom. The zero-order valence-corrected chi connectivity index (χ0v) is 20.6. The molecule has 1 aliphatic rings. The summed E-state index contributed by atoms with van der Waals surface area (Å²) in [7, 11) is 1.54. The third-order valence-electron chi connectivity index (χ3n) is 5.45. The van der Waals surface area contributed by atoms with Crippen LogP contribution < -0.4 is 22.4 Å². The maximum absolute atomic E-state index is 13.3. The van der Waals surface area contributed by atoms with Crippen LogP contribution in [0.1, 0.15) is 50.6 Å². The van der Waals surface area contributed by atoms with Crippen molar-refractivity contribution in [3.05, 3.63) is 31.3 Å². The van der Waals surface area contributed by atoms with Crippen LogP contribution >= 0.6 is 11.3 Å². The highest BCUT2D eigenvalue weighted by molar-refractivity contribution is 7.18. The van der Waals surface area contributed by atoms with Gasteiger partial charge in [-0.25, -0.2) is 24.8 Å². The van der Waals surface area contributed by atoms with Gasteiger partial charge in [-0.05, 0) is 45.6 Å². The van der Waals surface area contributed by atoms with Gasteiger partial charge in [0.1, 0.15) is 10.4 Å². The minimum atomic E-state index is -0.890. The minimum absolute atomic E-state index is 0.0858. The van der Waals surface area contributed by atoms with E-state index in [1.165, 1.54) is 15.9 Å². The number of hydrazine groups is 1. The van der Waals surface area contributed by atoms with E-state index in [2.05, 4.69) is 5.43 Å². The fraction of sp³-hybridized carbons (Fsp3) is 0.619. The second kappa shape index (κ2) is 9.18. The highest BCUT2D eigenvalue weighted by Gasteiger charge is 2.38. The van der Waals surface area contributed by atoms with Gasteiger partial charge in [-0.1, -0.05) is 6.92 Å². The number of thiophene rings is 1. The molecule has 182 valence electrons. The molecule has 2 aromatic rings. The molecule has 2 atom stereocenters. The number of amides is 3. The minimum Gasteiger partial charge on any atom is -0.443 e. The third kappa shape index (κ3) is 5.22. The third-order valence-corrected chi connectivity index (χ3v) is 6.75. The number of carbonyl (C=O) groups is 2. The molecule has 12 heteroatoms. The van der Waals surface area contributed by atoms with Gasteiger partial charge in [0.05, 0.1) is 25.1 Å². The second-order valence-electron chi connectivity index (χ2n) is 9.25. The van der Waals surface area contributed by atoms with Crippen LogP contribution in [0.25, 0.3) is 10.2 Å². The second-order valence-corrected chi connectivity index (χ2v) is 10.3. The topological polar surface area (TPSA) is 138 Å². The van der Waals surface area contributed by atoms with E-state index < -0.39 is 17.7 Å². The number of nitrogens with one attached hydrogen (secondary N) is 1. The molecule has 0 bridgehead atoms. The van der Waals surface area contributed by atoms with Crippen LogP contribution in [0, 0.1) is 12.8 Å². The highest BCUT2D eigenvalue weighted by atomic mass is 32.1. The average Bonchev–Trinajstić information content (AvgIpc) is 3.30. The van der Waals surface area contributed by atoms with Gasteiger partial charge in [0, 0.05) is 18.0 Å². The molecule has 0 aliphatic heterocycles. The normalized spacial score (nSPS) is 17.8. The molecular formula is C21H31N5O6S. The SMILES string of the molecule is COCCn1c(=O)n([C@H]2C[C@@H]2C)c(=O)c2c(C)c(CN(NC(=O)OC(C)(C)C)C(N)=O)sc21. The predicted molar refractivity (Wildman–Crippen MR) is 124 cm³/mol. The van der Waals surface area contributed by atoms with Gasteiger partial charge in [-0.3, -0.25) is 13.9 Å². The Balaban J connectivity index is 2.05. The van der Waals surface area contributed by atoms with Crippen LogP contribution in [-0.4, -0.2) is 45.6 Å². The van der Waals surface area contributed by atoms with Crippen LogP contribution in [0.3, 0.4) is 0 Å². The molecule has 2 heterocycles. The van der Waals surface area contributed by atoms with Crippen molar-refractivity contribution in [3.8, 4) is 0 Å². The van der Waals surface area contributed by atoms with E-state index in [9.17, 15) is 19.2 Å². The zero-order chi connectivity index (χ0) is 24.7. The van der Waals surface area contributed by atoms with Crippen molar-refractivity contribution in [2.75, 3.05) is 13.7 Å². The quantitative estimate of drug-likeness (QED) is 0.606. The van der Waals surface area contributed by atoms with Crippen molar-refractivity contribution in [3.63, 3.8) is 0 Å². The Bertz CT molecular complexity index is 1190. The summed E-state index contributed by atoms with van der Waals surface area (Å²) in [6.07, 6.45) is -0.0573.